The van der Waals surface area contributed by atoms with Gasteiger partial charge in [-0.15, -0.1) is 0 Å². The molecule has 0 saturated heterocycles. The zero-order valence-electron chi connectivity index (χ0n) is 28.9. The molecule has 0 bridgehead atoms. The van der Waals surface area contributed by atoms with Crippen LogP contribution in [0, 0.1) is 6.92 Å². The van der Waals surface area contributed by atoms with Gasteiger partial charge in [0.15, 0.2) is 0 Å². The van der Waals surface area contributed by atoms with E-state index in [2.05, 4.69) is 83.3 Å². The summed E-state index contributed by atoms with van der Waals surface area (Å²) in [5.74, 6) is -1.10. The number of unbranched alkanes of at least 4 members (excludes halogenated alkanes) is 2. The van der Waals surface area contributed by atoms with E-state index in [1.165, 1.54) is 0 Å². The van der Waals surface area contributed by atoms with E-state index in [-0.39, 0.29) is 18.2 Å². The molecule has 0 fully saturated rings. The summed E-state index contributed by atoms with van der Waals surface area (Å²) in [4.78, 5) is 41.6. The van der Waals surface area contributed by atoms with Crippen LogP contribution in [-0.2, 0) is 19.1 Å². The van der Waals surface area contributed by atoms with Crippen LogP contribution in [0.2, 0.25) is 0 Å². The van der Waals surface area contributed by atoms with E-state index in [9.17, 15) is 24.6 Å². The molecule has 1 heterocycles. The second-order valence-electron chi connectivity index (χ2n) is 11.3. The summed E-state index contributed by atoms with van der Waals surface area (Å²) in [7, 11) is 0. The van der Waals surface area contributed by atoms with Gasteiger partial charge in [-0.25, -0.2) is 4.79 Å². The topological polar surface area (TPSA) is 138 Å². The van der Waals surface area contributed by atoms with Gasteiger partial charge < -0.3 is 25.6 Å². The number of aromatic nitrogens is 1. The third-order valence-electron chi connectivity index (χ3n) is 7.03. The van der Waals surface area contributed by atoms with Gasteiger partial charge in [-0.05, 0) is 82.8 Å². The third kappa shape index (κ3) is 23.3. The number of aliphatic hydroxyl groups excluding tert-OH is 2. The maximum absolute atomic E-state index is 12.7. The molecule has 0 spiro atoms. The van der Waals surface area contributed by atoms with Crippen LogP contribution >= 0.6 is 0 Å². The SMILES string of the molecule is CC/C=C\C/C=C\C/C=C\C/C=C\C/C=C\CCCC(=O)NCCCC[C@H](NC(=O)C/C=C/c1ccc(C)nc1)C(=O)OC(CO)CO. The number of pyridine rings is 1. The molecule has 0 saturated carbocycles. The average molecular weight is 664 g/mol. The molecule has 2 amide bonds. The second kappa shape index (κ2) is 29.1. The van der Waals surface area contributed by atoms with Crippen molar-refractivity contribution >= 4 is 23.9 Å². The van der Waals surface area contributed by atoms with Crippen molar-refractivity contribution in [2.45, 2.75) is 103 Å². The Hall–Kier alpha value is -4.08. The maximum Gasteiger partial charge on any atom is 0.329 e. The Labute approximate surface area is 287 Å². The molecular formula is C39H57N3O6. The lowest BCUT2D eigenvalue weighted by Gasteiger charge is -2.20. The number of ether oxygens (including phenoxy) is 1. The summed E-state index contributed by atoms with van der Waals surface area (Å²) < 4.78 is 5.15. The minimum atomic E-state index is -1.06. The number of nitrogens with zero attached hydrogens (tertiary/aromatic N) is 1. The van der Waals surface area contributed by atoms with Crippen molar-refractivity contribution in [2.75, 3.05) is 19.8 Å². The Morgan fingerprint density at radius 3 is 2.02 bits per heavy atom. The van der Waals surface area contributed by atoms with Crippen LogP contribution in [0.4, 0.5) is 0 Å². The van der Waals surface area contributed by atoms with Gasteiger partial charge in [0.1, 0.15) is 12.1 Å². The summed E-state index contributed by atoms with van der Waals surface area (Å²) in [5.41, 5.74) is 1.75. The number of carbonyl (C=O) groups is 3. The predicted molar refractivity (Wildman–Crippen MR) is 194 cm³/mol. The number of aliphatic hydroxyl groups is 2. The van der Waals surface area contributed by atoms with E-state index in [0.29, 0.717) is 32.2 Å². The number of aryl methyl sites for hydroxylation is 1. The smallest absolute Gasteiger partial charge is 0.329 e. The number of hydrogen-bond acceptors (Lipinski definition) is 7. The molecule has 1 aromatic heterocycles. The summed E-state index contributed by atoms with van der Waals surface area (Å²) in [6.07, 6.45) is 34.1. The van der Waals surface area contributed by atoms with Crippen LogP contribution in [0.5, 0.6) is 0 Å². The van der Waals surface area contributed by atoms with Gasteiger partial charge in [0.2, 0.25) is 11.8 Å². The average Bonchev–Trinajstić information content (AvgIpc) is 3.08. The summed E-state index contributed by atoms with van der Waals surface area (Å²) >= 11 is 0. The standard InChI is InChI=1S/C39H57N3O6/c1-3-4-5-6-7-8-9-10-11-12-13-14-15-16-17-18-19-25-37(45)40-29-21-20-24-36(39(47)48-35(31-43)32-44)42-38(46)26-22-23-34-28-27-33(2)41-30-34/h4-5,7-8,10-11,13-14,16-17,22-23,27-28,30,35-36,43-44H,3,6,9,12,15,18-21,24-26,29,31-32H2,1-2H3,(H,40,45)(H,42,46)/b5-4-,8-7-,11-10-,14-13-,17-16-,23-22+/t36-/m0/s1. The van der Waals surface area contributed by atoms with Crippen LogP contribution in [0.1, 0.15) is 95.2 Å². The Bertz CT molecular complexity index is 1200. The molecule has 0 aromatic carbocycles. The van der Waals surface area contributed by atoms with E-state index in [1.807, 2.05) is 19.1 Å². The third-order valence-corrected chi connectivity index (χ3v) is 7.03. The van der Waals surface area contributed by atoms with Crippen LogP contribution in [0.3, 0.4) is 0 Å². The first-order chi connectivity index (χ1) is 23.4. The molecule has 4 N–H and O–H groups in total. The second-order valence-corrected chi connectivity index (χ2v) is 11.3. The number of hydrogen-bond donors (Lipinski definition) is 4. The molecule has 0 aliphatic heterocycles. The van der Waals surface area contributed by atoms with Gasteiger partial charge in [0.25, 0.3) is 0 Å². The van der Waals surface area contributed by atoms with Crippen LogP contribution in [-0.4, -0.2) is 64.9 Å². The highest BCUT2D eigenvalue weighted by Gasteiger charge is 2.24. The van der Waals surface area contributed by atoms with Gasteiger partial charge in [-0.3, -0.25) is 14.6 Å². The molecule has 9 heteroatoms. The first-order valence-corrected chi connectivity index (χ1v) is 17.2. The molecule has 0 unspecified atom stereocenters. The molecule has 1 rings (SSSR count). The van der Waals surface area contributed by atoms with E-state index < -0.39 is 31.3 Å². The Morgan fingerprint density at radius 1 is 0.812 bits per heavy atom. The first kappa shape index (κ1) is 41.9. The molecule has 0 aliphatic carbocycles. The van der Waals surface area contributed by atoms with E-state index in [1.54, 1.807) is 18.3 Å². The lowest BCUT2D eigenvalue weighted by Crippen LogP contribution is -2.43. The fourth-order valence-corrected chi connectivity index (χ4v) is 4.30. The molecule has 0 radical (unpaired) electrons. The van der Waals surface area contributed by atoms with Crippen molar-refractivity contribution in [3.05, 3.63) is 96.4 Å². The predicted octanol–water partition coefficient (Wildman–Crippen LogP) is 6.38. The quantitative estimate of drug-likeness (QED) is 0.0513. The highest BCUT2D eigenvalue weighted by molar-refractivity contribution is 5.85. The minimum Gasteiger partial charge on any atom is -0.456 e. The van der Waals surface area contributed by atoms with Gasteiger partial charge >= 0.3 is 5.97 Å². The Kier molecular flexibility index (Phi) is 25.4. The van der Waals surface area contributed by atoms with Crippen LogP contribution in [0.25, 0.3) is 6.08 Å². The molecular weight excluding hydrogens is 606 g/mol. The fraction of sp³-hybridized carbons (Fsp3) is 0.487. The van der Waals surface area contributed by atoms with E-state index in [0.717, 1.165) is 56.2 Å². The fourth-order valence-electron chi connectivity index (χ4n) is 4.30. The van der Waals surface area contributed by atoms with Gasteiger partial charge in [0, 0.05) is 31.3 Å². The van der Waals surface area contributed by atoms with Crippen molar-refractivity contribution in [3.63, 3.8) is 0 Å². The summed E-state index contributed by atoms with van der Waals surface area (Å²) in [6.45, 7) is 3.44. The number of carbonyl (C=O) groups excluding carboxylic acids is 3. The van der Waals surface area contributed by atoms with Crippen molar-refractivity contribution < 1.29 is 29.3 Å². The lowest BCUT2D eigenvalue weighted by atomic mass is 10.1. The molecule has 0 aliphatic rings. The van der Waals surface area contributed by atoms with Crippen molar-refractivity contribution in [3.8, 4) is 0 Å². The highest BCUT2D eigenvalue weighted by Crippen LogP contribution is 2.08. The number of amides is 2. The monoisotopic (exact) mass is 663 g/mol. The van der Waals surface area contributed by atoms with Crippen molar-refractivity contribution in [1.82, 2.24) is 15.6 Å². The number of esters is 1. The zero-order valence-corrected chi connectivity index (χ0v) is 28.9. The Morgan fingerprint density at radius 2 is 1.44 bits per heavy atom. The molecule has 264 valence electrons. The molecule has 1 atom stereocenters. The minimum absolute atomic E-state index is 0.0177. The maximum atomic E-state index is 12.7. The number of allylic oxidation sites excluding steroid dienone is 10. The normalized spacial score (nSPS) is 12.9. The van der Waals surface area contributed by atoms with Crippen LogP contribution < -0.4 is 10.6 Å². The van der Waals surface area contributed by atoms with Crippen LogP contribution in [0.15, 0.2) is 85.2 Å². The highest BCUT2D eigenvalue weighted by atomic mass is 16.6. The van der Waals surface area contributed by atoms with Gasteiger partial charge in [0.05, 0.1) is 13.2 Å². The zero-order chi connectivity index (χ0) is 35.1. The summed E-state index contributed by atoms with van der Waals surface area (Å²) in [6, 6.07) is 2.83. The largest absolute Gasteiger partial charge is 0.456 e. The lowest BCUT2D eigenvalue weighted by molar-refractivity contribution is -0.157. The number of nitrogens with one attached hydrogen (secondary N) is 2. The summed E-state index contributed by atoms with van der Waals surface area (Å²) in [5, 5.41) is 24.2. The molecule has 1 aromatic rings. The first-order valence-electron chi connectivity index (χ1n) is 17.2. The van der Waals surface area contributed by atoms with Gasteiger partial charge in [-0.1, -0.05) is 85.9 Å². The van der Waals surface area contributed by atoms with Gasteiger partial charge in [-0.2, -0.15) is 0 Å². The van der Waals surface area contributed by atoms with Crippen molar-refractivity contribution in [2.24, 2.45) is 0 Å². The Balaban J connectivity index is 2.27. The molecule has 9 nitrogen and oxygen atoms in total. The number of rotatable bonds is 26. The van der Waals surface area contributed by atoms with Crippen molar-refractivity contribution in [1.29, 1.82) is 0 Å². The van der Waals surface area contributed by atoms with E-state index >= 15 is 0 Å². The van der Waals surface area contributed by atoms with E-state index in [4.69, 9.17) is 4.74 Å². The molecule has 48 heavy (non-hydrogen) atoms.